The number of likely N-dealkylation sites (N-methyl/N-ethyl adjacent to an activating group) is 1. The Morgan fingerprint density at radius 1 is 1.35 bits per heavy atom. The van der Waals surface area contributed by atoms with Crippen LogP contribution in [-0.2, 0) is 9.63 Å². The third kappa shape index (κ3) is 5.17. The molecule has 6 heteroatoms. The van der Waals surface area contributed by atoms with Crippen LogP contribution in [0.15, 0.2) is 23.4 Å². The highest BCUT2D eigenvalue weighted by Gasteiger charge is 2.04. The number of hydrogen-bond acceptors (Lipinski definition) is 5. The van der Waals surface area contributed by atoms with Gasteiger partial charge in [0.15, 0.2) is 18.1 Å². The van der Waals surface area contributed by atoms with Crippen LogP contribution in [0.25, 0.3) is 0 Å². The fourth-order valence-corrected chi connectivity index (χ4v) is 1.48. The van der Waals surface area contributed by atoms with Crippen LogP contribution in [-0.4, -0.2) is 39.0 Å². The fraction of sp³-hybridized carbons (Fsp3) is 0.429. The van der Waals surface area contributed by atoms with E-state index in [1.54, 1.807) is 19.2 Å². The molecule has 1 aromatic carbocycles. The van der Waals surface area contributed by atoms with E-state index in [1.807, 2.05) is 19.9 Å². The van der Waals surface area contributed by atoms with Gasteiger partial charge in [-0.15, -0.1) is 0 Å². The second-order valence-corrected chi connectivity index (χ2v) is 3.80. The average Bonchev–Trinajstić information content (AvgIpc) is 2.45. The smallest absolute Gasteiger partial charge is 0.260 e. The Morgan fingerprint density at radius 3 is 2.80 bits per heavy atom. The molecular weight excluding hydrogens is 260 g/mol. The number of methoxy groups -OCH3 is 1. The average molecular weight is 280 g/mol. The Bertz CT molecular complexity index is 460. The molecule has 0 aliphatic heterocycles. The van der Waals surface area contributed by atoms with E-state index in [-0.39, 0.29) is 12.5 Å². The standard InChI is InChI=1S/C14H20N2O4/c1-4-15-14(17)10-20-16-9-11-6-7-12(19-5-2)13(8-11)18-3/h6-9H,4-5,10H2,1-3H3,(H,15,17)/b16-9+. The Labute approximate surface area is 118 Å². The van der Waals surface area contributed by atoms with E-state index in [1.165, 1.54) is 6.21 Å². The minimum absolute atomic E-state index is 0.0987. The first-order valence-electron chi connectivity index (χ1n) is 6.44. The first kappa shape index (κ1) is 15.8. The summed E-state index contributed by atoms with van der Waals surface area (Å²) in [7, 11) is 1.57. The largest absolute Gasteiger partial charge is 0.493 e. The molecule has 0 unspecified atom stereocenters. The quantitative estimate of drug-likeness (QED) is 0.580. The summed E-state index contributed by atoms with van der Waals surface area (Å²) in [6, 6.07) is 5.41. The summed E-state index contributed by atoms with van der Waals surface area (Å²) in [4.78, 5) is 16.0. The first-order chi connectivity index (χ1) is 9.71. The van der Waals surface area contributed by atoms with Crippen LogP contribution >= 0.6 is 0 Å². The van der Waals surface area contributed by atoms with Gasteiger partial charge in [0.2, 0.25) is 0 Å². The summed E-state index contributed by atoms with van der Waals surface area (Å²) in [6.45, 7) is 4.79. The van der Waals surface area contributed by atoms with Crippen molar-refractivity contribution in [2.75, 3.05) is 26.9 Å². The van der Waals surface area contributed by atoms with E-state index in [2.05, 4.69) is 10.5 Å². The molecule has 110 valence electrons. The minimum Gasteiger partial charge on any atom is -0.493 e. The molecule has 1 rings (SSSR count). The van der Waals surface area contributed by atoms with Gasteiger partial charge < -0.3 is 19.6 Å². The van der Waals surface area contributed by atoms with Gasteiger partial charge in [-0.25, -0.2) is 0 Å². The van der Waals surface area contributed by atoms with Crippen LogP contribution in [0.3, 0.4) is 0 Å². The third-order valence-electron chi connectivity index (χ3n) is 2.33. The number of hydrogen-bond donors (Lipinski definition) is 1. The van der Waals surface area contributed by atoms with Gasteiger partial charge in [0.1, 0.15) is 0 Å². The van der Waals surface area contributed by atoms with Gasteiger partial charge >= 0.3 is 0 Å². The van der Waals surface area contributed by atoms with Crippen LogP contribution in [0.5, 0.6) is 11.5 Å². The summed E-state index contributed by atoms with van der Waals surface area (Å²) in [6.07, 6.45) is 1.51. The molecule has 0 fully saturated rings. The van der Waals surface area contributed by atoms with Gasteiger partial charge in [0.25, 0.3) is 5.91 Å². The molecule has 0 heterocycles. The van der Waals surface area contributed by atoms with Gasteiger partial charge in [-0.1, -0.05) is 5.16 Å². The van der Waals surface area contributed by atoms with Crippen LogP contribution in [0.1, 0.15) is 19.4 Å². The number of benzene rings is 1. The lowest BCUT2D eigenvalue weighted by molar-refractivity contribution is -0.125. The topological polar surface area (TPSA) is 69.2 Å². The van der Waals surface area contributed by atoms with Crippen LogP contribution in [0, 0.1) is 0 Å². The molecule has 0 aromatic heterocycles. The molecule has 0 atom stereocenters. The maximum atomic E-state index is 11.1. The van der Waals surface area contributed by atoms with Crippen molar-refractivity contribution >= 4 is 12.1 Å². The van der Waals surface area contributed by atoms with Crippen molar-refractivity contribution in [3.8, 4) is 11.5 Å². The van der Waals surface area contributed by atoms with Crippen molar-refractivity contribution in [3.05, 3.63) is 23.8 Å². The molecular formula is C14H20N2O4. The van der Waals surface area contributed by atoms with Gasteiger partial charge in [-0.3, -0.25) is 4.79 Å². The Morgan fingerprint density at radius 2 is 2.15 bits per heavy atom. The molecule has 0 spiro atoms. The second kappa shape index (κ2) is 8.79. The first-order valence-corrected chi connectivity index (χ1v) is 6.44. The Hall–Kier alpha value is -2.24. The maximum absolute atomic E-state index is 11.1. The molecule has 1 N–H and O–H groups in total. The summed E-state index contributed by atoms with van der Waals surface area (Å²) >= 11 is 0. The molecule has 0 saturated heterocycles. The maximum Gasteiger partial charge on any atom is 0.260 e. The number of nitrogens with one attached hydrogen (secondary N) is 1. The van der Waals surface area contributed by atoms with Crippen molar-refractivity contribution in [3.63, 3.8) is 0 Å². The van der Waals surface area contributed by atoms with Gasteiger partial charge in [-0.2, -0.15) is 0 Å². The zero-order chi connectivity index (χ0) is 14.8. The van der Waals surface area contributed by atoms with Crippen molar-refractivity contribution in [2.24, 2.45) is 5.16 Å². The molecule has 1 aromatic rings. The normalized spacial score (nSPS) is 10.3. The number of carbonyl (C=O) groups is 1. The van der Waals surface area contributed by atoms with Crippen LogP contribution in [0.2, 0.25) is 0 Å². The van der Waals surface area contributed by atoms with E-state index in [9.17, 15) is 4.79 Å². The lowest BCUT2D eigenvalue weighted by atomic mass is 10.2. The van der Waals surface area contributed by atoms with Crippen molar-refractivity contribution in [2.45, 2.75) is 13.8 Å². The van der Waals surface area contributed by atoms with Crippen molar-refractivity contribution < 1.29 is 19.1 Å². The second-order valence-electron chi connectivity index (χ2n) is 3.80. The SMILES string of the molecule is CCNC(=O)CO/N=C/c1ccc(OCC)c(OC)c1. The highest BCUT2D eigenvalue weighted by Crippen LogP contribution is 2.27. The van der Waals surface area contributed by atoms with Crippen molar-refractivity contribution in [1.82, 2.24) is 5.32 Å². The highest BCUT2D eigenvalue weighted by atomic mass is 16.6. The van der Waals surface area contributed by atoms with Crippen molar-refractivity contribution in [1.29, 1.82) is 0 Å². The van der Waals surface area contributed by atoms with Gasteiger partial charge in [0.05, 0.1) is 19.9 Å². The predicted octanol–water partition coefficient (Wildman–Crippen LogP) is 1.58. The van der Waals surface area contributed by atoms with E-state index < -0.39 is 0 Å². The Kier molecular flexibility index (Phi) is 6.95. The number of amides is 1. The molecule has 0 aliphatic rings. The third-order valence-corrected chi connectivity index (χ3v) is 2.33. The van der Waals surface area contributed by atoms with E-state index in [0.29, 0.717) is 24.7 Å². The van der Waals surface area contributed by atoms with E-state index in [0.717, 1.165) is 5.56 Å². The summed E-state index contributed by atoms with van der Waals surface area (Å²) < 4.78 is 10.6. The molecule has 0 radical (unpaired) electrons. The molecule has 20 heavy (non-hydrogen) atoms. The van der Waals surface area contributed by atoms with Crippen LogP contribution < -0.4 is 14.8 Å². The van der Waals surface area contributed by atoms with E-state index >= 15 is 0 Å². The van der Waals surface area contributed by atoms with Crippen LogP contribution in [0.4, 0.5) is 0 Å². The number of carbonyl (C=O) groups excluding carboxylic acids is 1. The number of ether oxygens (including phenoxy) is 2. The number of rotatable bonds is 8. The number of oxime groups is 1. The lowest BCUT2D eigenvalue weighted by Crippen LogP contribution is -2.26. The fourth-order valence-electron chi connectivity index (χ4n) is 1.48. The molecule has 0 saturated carbocycles. The minimum atomic E-state index is -0.200. The molecule has 1 amide bonds. The lowest BCUT2D eigenvalue weighted by Gasteiger charge is -2.09. The molecule has 0 aliphatic carbocycles. The number of nitrogens with zero attached hydrogens (tertiary/aromatic N) is 1. The van der Waals surface area contributed by atoms with E-state index in [4.69, 9.17) is 14.3 Å². The van der Waals surface area contributed by atoms with Gasteiger partial charge in [-0.05, 0) is 32.0 Å². The summed E-state index contributed by atoms with van der Waals surface area (Å²) in [5.41, 5.74) is 0.793. The summed E-state index contributed by atoms with van der Waals surface area (Å²) in [5.74, 6) is 1.10. The predicted molar refractivity (Wildman–Crippen MR) is 76.4 cm³/mol. The summed E-state index contributed by atoms with van der Waals surface area (Å²) in [5, 5.41) is 6.34. The highest BCUT2D eigenvalue weighted by molar-refractivity contribution is 5.81. The Balaban J connectivity index is 2.57. The zero-order valence-corrected chi connectivity index (χ0v) is 12.0. The molecule has 0 bridgehead atoms. The monoisotopic (exact) mass is 280 g/mol. The molecule has 6 nitrogen and oxygen atoms in total. The van der Waals surface area contributed by atoms with Gasteiger partial charge in [0, 0.05) is 12.1 Å². The zero-order valence-electron chi connectivity index (χ0n) is 12.0.